The highest BCUT2D eigenvalue weighted by Crippen LogP contribution is 2.24. The fraction of sp³-hybridized carbons (Fsp3) is 0.812. The van der Waals surface area contributed by atoms with E-state index in [9.17, 15) is 20.1 Å². The van der Waals surface area contributed by atoms with Crippen LogP contribution in [0.4, 0.5) is 0 Å². The molecule has 0 aromatic heterocycles. The summed E-state index contributed by atoms with van der Waals surface area (Å²) in [6.45, 7) is -0.398. The van der Waals surface area contributed by atoms with Crippen molar-refractivity contribution in [3.63, 3.8) is 0 Å². The van der Waals surface area contributed by atoms with E-state index in [1.807, 2.05) is 0 Å². The molecule has 1 aliphatic heterocycles. The number of carboxylic acid groups (broad SMARTS) is 1. The molecule has 1 aliphatic rings. The molecule has 0 spiro atoms. The van der Waals surface area contributed by atoms with Crippen LogP contribution < -0.4 is 0 Å². The fourth-order valence-electron chi connectivity index (χ4n) is 2.74. The topological polar surface area (TPSA) is 127 Å². The summed E-state index contributed by atoms with van der Waals surface area (Å²) in [7, 11) is 0. The first kappa shape index (κ1) is 20.1. The van der Waals surface area contributed by atoms with Crippen LogP contribution in [-0.4, -0.2) is 68.6 Å². The van der Waals surface area contributed by atoms with E-state index in [-0.39, 0.29) is 0 Å². The van der Waals surface area contributed by atoms with Crippen molar-refractivity contribution in [3.8, 4) is 0 Å². The lowest BCUT2D eigenvalue weighted by Gasteiger charge is -2.40. The van der Waals surface area contributed by atoms with Gasteiger partial charge in [0.05, 0.1) is 12.7 Å². The minimum atomic E-state index is -1.30. The van der Waals surface area contributed by atoms with Crippen LogP contribution in [0.1, 0.15) is 44.9 Å². The Morgan fingerprint density at radius 2 is 1.52 bits per heavy atom. The first-order valence-electron chi connectivity index (χ1n) is 8.17. The number of unbranched alkanes of at least 4 members (excludes halogenated alkanes) is 5. The Kier molecular flexibility index (Phi) is 9.35. The predicted molar refractivity (Wildman–Crippen MR) is 82.9 cm³/mol. The largest absolute Gasteiger partial charge is 0.478 e. The number of ether oxygens (including phenoxy) is 1. The number of rotatable bonds is 10. The van der Waals surface area contributed by atoms with Gasteiger partial charge in [-0.05, 0) is 19.3 Å². The van der Waals surface area contributed by atoms with Crippen LogP contribution in [0.25, 0.3) is 0 Å². The SMILES string of the molecule is O=C(O)C=CCCCCCCCC1O[C@H](CO)[C@H](O)[C@H](O)[C@H]1O. The second-order valence-corrected chi connectivity index (χ2v) is 5.95. The molecular weight excluding hydrogens is 304 g/mol. The third-order valence-corrected chi connectivity index (χ3v) is 4.11. The van der Waals surface area contributed by atoms with E-state index in [1.165, 1.54) is 0 Å². The molecule has 134 valence electrons. The maximum Gasteiger partial charge on any atom is 0.327 e. The van der Waals surface area contributed by atoms with E-state index in [1.54, 1.807) is 6.08 Å². The number of aliphatic carboxylic acids is 1. The summed E-state index contributed by atoms with van der Waals surface area (Å²) >= 11 is 0. The van der Waals surface area contributed by atoms with Crippen molar-refractivity contribution < 1.29 is 35.1 Å². The number of aliphatic hydroxyl groups is 4. The van der Waals surface area contributed by atoms with E-state index in [2.05, 4.69) is 0 Å². The van der Waals surface area contributed by atoms with Crippen molar-refractivity contribution in [2.45, 2.75) is 75.5 Å². The maximum atomic E-state index is 10.3. The van der Waals surface area contributed by atoms with Gasteiger partial charge >= 0.3 is 5.97 Å². The van der Waals surface area contributed by atoms with Crippen LogP contribution in [0.5, 0.6) is 0 Å². The van der Waals surface area contributed by atoms with Gasteiger partial charge in [-0.25, -0.2) is 4.79 Å². The van der Waals surface area contributed by atoms with Crippen LogP contribution >= 0.6 is 0 Å². The number of hydrogen-bond donors (Lipinski definition) is 5. The lowest BCUT2D eigenvalue weighted by molar-refractivity contribution is -0.230. The quantitative estimate of drug-likeness (QED) is 0.286. The molecule has 0 bridgehead atoms. The van der Waals surface area contributed by atoms with Gasteiger partial charge in [-0.1, -0.05) is 31.8 Å². The molecule has 7 heteroatoms. The molecule has 0 saturated carbocycles. The highest BCUT2D eigenvalue weighted by Gasteiger charge is 2.42. The Morgan fingerprint density at radius 3 is 2.17 bits per heavy atom. The average Bonchev–Trinajstić information content (AvgIpc) is 2.52. The number of carboxylic acids is 1. The van der Waals surface area contributed by atoms with Crippen LogP contribution in [0.15, 0.2) is 12.2 Å². The molecule has 7 nitrogen and oxygen atoms in total. The molecule has 1 heterocycles. The van der Waals surface area contributed by atoms with Gasteiger partial charge in [0.25, 0.3) is 0 Å². The summed E-state index contributed by atoms with van der Waals surface area (Å²) in [5.74, 6) is -0.926. The number of aliphatic hydroxyl groups excluding tert-OH is 4. The van der Waals surface area contributed by atoms with Gasteiger partial charge < -0.3 is 30.3 Å². The normalized spacial score (nSPS) is 31.6. The lowest BCUT2D eigenvalue weighted by atomic mass is 9.92. The zero-order valence-electron chi connectivity index (χ0n) is 13.3. The summed E-state index contributed by atoms with van der Waals surface area (Å²) in [6.07, 6.45) is 3.63. The third kappa shape index (κ3) is 6.97. The highest BCUT2D eigenvalue weighted by molar-refractivity contribution is 5.79. The van der Waals surface area contributed by atoms with Crippen molar-refractivity contribution in [1.29, 1.82) is 0 Å². The number of allylic oxidation sites excluding steroid dienone is 1. The Bertz CT molecular complexity index is 369. The molecule has 1 unspecified atom stereocenters. The molecule has 0 amide bonds. The van der Waals surface area contributed by atoms with Crippen LogP contribution in [0.3, 0.4) is 0 Å². The predicted octanol–water partition coefficient (Wildman–Crippen LogP) is 0.200. The minimum Gasteiger partial charge on any atom is -0.478 e. The molecule has 5 atom stereocenters. The third-order valence-electron chi connectivity index (χ3n) is 4.11. The van der Waals surface area contributed by atoms with E-state index < -0.39 is 43.1 Å². The summed E-state index contributed by atoms with van der Waals surface area (Å²) < 4.78 is 5.44. The molecule has 0 aliphatic carbocycles. The van der Waals surface area contributed by atoms with Gasteiger partial charge in [0.1, 0.15) is 24.4 Å². The number of hydrogen-bond acceptors (Lipinski definition) is 6. The zero-order chi connectivity index (χ0) is 17.2. The maximum absolute atomic E-state index is 10.3. The Balaban J connectivity index is 2.14. The molecule has 23 heavy (non-hydrogen) atoms. The van der Waals surface area contributed by atoms with Crippen LogP contribution in [0.2, 0.25) is 0 Å². The van der Waals surface area contributed by atoms with Crippen molar-refractivity contribution >= 4 is 5.97 Å². The summed E-state index contributed by atoms with van der Waals surface area (Å²) in [6, 6.07) is 0. The van der Waals surface area contributed by atoms with E-state index in [0.717, 1.165) is 44.6 Å². The van der Waals surface area contributed by atoms with Gasteiger partial charge in [-0.2, -0.15) is 0 Å². The first-order chi connectivity index (χ1) is 11.0. The molecule has 5 N–H and O–H groups in total. The monoisotopic (exact) mass is 332 g/mol. The Labute approximate surface area is 136 Å². The van der Waals surface area contributed by atoms with Gasteiger partial charge in [0.2, 0.25) is 0 Å². The average molecular weight is 332 g/mol. The Morgan fingerprint density at radius 1 is 0.913 bits per heavy atom. The summed E-state index contributed by atoms with van der Waals surface area (Å²) in [4.78, 5) is 10.3. The molecule has 0 aromatic carbocycles. The van der Waals surface area contributed by atoms with Gasteiger partial charge in [0.15, 0.2) is 0 Å². The van der Waals surface area contributed by atoms with Gasteiger partial charge in [-0.15, -0.1) is 0 Å². The molecule has 0 radical (unpaired) electrons. The van der Waals surface area contributed by atoms with Crippen molar-refractivity contribution in [1.82, 2.24) is 0 Å². The lowest BCUT2D eigenvalue weighted by Crippen LogP contribution is -2.58. The van der Waals surface area contributed by atoms with E-state index >= 15 is 0 Å². The standard InChI is InChI=1S/C16H28O7/c17-10-12-15(21)16(22)14(20)11(23-12)8-6-4-2-1-3-5-7-9-13(18)19/h7,9,11-12,14-17,20-22H,1-6,8,10H2,(H,18,19)/t11?,12-,14+,15+,16-/m1/s1. The molecule has 1 saturated heterocycles. The zero-order valence-corrected chi connectivity index (χ0v) is 13.3. The van der Waals surface area contributed by atoms with Crippen LogP contribution in [-0.2, 0) is 9.53 Å². The second-order valence-electron chi connectivity index (χ2n) is 5.95. The van der Waals surface area contributed by atoms with Crippen molar-refractivity contribution in [3.05, 3.63) is 12.2 Å². The molecule has 1 fully saturated rings. The van der Waals surface area contributed by atoms with Crippen molar-refractivity contribution in [2.75, 3.05) is 6.61 Å². The molecule has 1 rings (SSSR count). The highest BCUT2D eigenvalue weighted by atomic mass is 16.5. The van der Waals surface area contributed by atoms with E-state index in [4.69, 9.17) is 14.9 Å². The van der Waals surface area contributed by atoms with Gasteiger partial charge in [-0.3, -0.25) is 0 Å². The van der Waals surface area contributed by atoms with Crippen LogP contribution in [0, 0.1) is 0 Å². The van der Waals surface area contributed by atoms with Gasteiger partial charge in [0, 0.05) is 6.08 Å². The molecule has 0 aromatic rings. The van der Waals surface area contributed by atoms with E-state index in [0.29, 0.717) is 6.42 Å². The van der Waals surface area contributed by atoms with Crippen molar-refractivity contribution in [2.24, 2.45) is 0 Å². The number of carbonyl (C=O) groups is 1. The summed E-state index contributed by atoms with van der Waals surface area (Å²) in [5, 5.41) is 46.8. The smallest absolute Gasteiger partial charge is 0.327 e. The first-order valence-corrected chi connectivity index (χ1v) is 8.17. The summed E-state index contributed by atoms with van der Waals surface area (Å²) in [5.41, 5.74) is 0. The fourth-order valence-corrected chi connectivity index (χ4v) is 2.74. The minimum absolute atomic E-state index is 0.398. The second kappa shape index (κ2) is 10.7. The Hall–Kier alpha value is -0.990. The molecular formula is C16H28O7.